The number of morpholine rings is 1. The molecule has 3 aliphatic heterocycles. The van der Waals surface area contributed by atoms with E-state index in [2.05, 4.69) is 22.8 Å². The first kappa shape index (κ1) is 17.0. The molecule has 0 unspecified atom stereocenters. The van der Waals surface area contributed by atoms with Crippen LogP contribution in [0.15, 0.2) is 6.07 Å². The molecule has 0 radical (unpaired) electrons. The number of aromatic nitrogens is 2. The lowest BCUT2D eigenvalue weighted by molar-refractivity contribution is 0.00206. The second kappa shape index (κ2) is 7.46. The summed E-state index contributed by atoms with van der Waals surface area (Å²) in [4.78, 5) is 14.4. The second-order valence-electron chi connectivity index (χ2n) is 7.57. The summed E-state index contributed by atoms with van der Waals surface area (Å²) in [5.41, 5.74) is 1.65. The highest BCUT2D eigenvalue weighted by Crippen LogP contribution is 2.41. The van der Waals surface area contributed by atoms with Crippen LogP contribution in [-0.2, 0) is 15.9 Å². The Morgan fingerprint density at radius 1 is 0.880 bits per heavy atom. The van der Waals surface area contributed by atoms with Gasteiger partial charge >= 0.3 is 0 Å². The molecule has 0 aliphatic carbocycles. The number of anilines is 2. The lowest BCUT2D eigenvalue weighted by atomic mass is 9.72. The fourth-order valence-electron chi connectivity index (χ4n) is 4.23. The molecule has 6 heteroatoms. The molecule has 4 rings (SSSR count). The maximum atomic E-state index is 5.57. The van der Waals surface area contributed by atoms with Gasteiger partial charge in [-0.25, -0.2) is 4.98 Å². The minimum Gasteiger partial charge on any atom is -0.381 e. The molecule has 138 valence electrons. The SMILES string of the molecule is CCc1cc(N2CCC3(CCOCC3)CC2)nc(N2CCOCC2)n1. The fraction of sp³-hybridized carbons (Fsp3) is 0.789. The molecule has 0 bridgehead atoms. The van der Waals surface area contributed by atoms with Gasteiger partial charge < -0.3 is 19.3 Å². The normalized spacial score (nSPS) is 23.9. The van der Waals surface area contributed by atoms with E-state index in [4.69, 9.17) is 19.4 Å². The van der Waals surface area contributed by atoms with Gasteiger partial charge in [0.15, 0.2) is 0 Å². The van der Waals surface area contributed by atoms with Crippen molar-refractivity contribution in [2.24, 2.45) is 5.41 Å². The Morgan fingerprint density at radius 3 is 2.24 bits per heavy atom. The standard InChI is InChI=1S/C19H30N4O2/c1-2-16-15-17(21-18(20-16)23-9-13-25-14-10-23)22-7-3-19(4-8-22)5-11-24-12-6-19/h15H,2-14H2,1H3. The van der Waals surface area contributed by atoms with Crippen LogP contribution < -0.4 is 9.80 Å². The molecule has 25 heavy (non-hydrogen) atoms. The average Bonchev–Trinajstić information content (AvgIpc) is 2.69. The van der Waals surface area contributed by atoms with Crippen LogP contribution in [0.25, 0.3) is 0 Å². The molecule has 6 nitrogen and oxygen atoms in total. The molecule has 1 aromatic rings. The third-order valence-corrected chi connectivity index (χ3v) is 6.11. The van der Waals surface area contributed by atoms with Gasteiger partial charge in [0.1, 0.15) is 5.82 Å². The third-order valence-electron chi connectivity index (χ3n) is 6.11. The first-order valence-electron chi connectivity index (χ1n) is 9.81. The fourth-order valence-corrected chi connectivity index (χ4v) is 4.23. The summed E-state index contributed by atoms with van der Waals surface area (Å²) in [5.74, 6) is 1.99. The van der Waals surface area contributed by atoms with Gasteiger partial charge in [0.2, 0.25) is 5.95 Å². The summed E-state index contributed by atoms with van der Waals surface area (Å²) in [6, 6.07) is 2.19. The molecule has 0 aromatic carbocycles. The van der Waals surface area contributed by atoms with Crippen molar-refractivity contribution in [1.29, 1.82) is 0 Å². The van der Waals surface area contributed by atoms with E-state index in [-0.39, 0.29) is 0 Å². The van der Waals surface area contributed by atoms with Crippen molar-refractivity contribution in [3.8, 4) is 0 Å². The molecule has 0 amide bonds. The van der Waals surface area contributed by atoms with Gasteiger partial charge in [-0.15, -0.1) is 0 Å². The summed E-state index contributed by atoms with van der Waals surface area (Å²) in [5, 5.41) is 0. The number of hydrogen-bond donors (Lipinski definition) is 0. The Balaban J connectivity index is 1.49. The quantitative estimate of drug-likeness (QED) is 0.837. The topological polar surface area (TPSA) is 50.7 Å². The molecule has 4 heterocycles. The van der Waals surface area contributed by atoms with Crippen molar-refractivity contribution in [2.45, 2.75) is 39.0 Å². The number of rotatable bonds is 3. The zero-order valence-electron chi connectivity index (χ0n) is 15.4. The van der Waals surface area contributed by atoms with E-state index in [0.717, 1.165) is 76.5 Å². The first-order chi connectivity index (χ1) is 12.3. The van der Waals surface area contributed by atoms with Gasteiger partial charge in [0.05, 0.1) is 13.2 Å². The lowest BCUT2D eigenvalue weighted by Crippen LogP contribution is -2.43. The Morgan fingerprint density at radius 2 is 1.56 bits per heavy atom. The Hall–Kier alpha value is -1.40. The van der Waals surface area contributed by atoms with Gasteiger partial charge in [-0.1, -0.05) is 6.92 Å². The van der Waals surface area contributed by atoms with Gasteiger partial charge in [-0.05, 0) is 37.5 Å². The molecule has 1 spiro atoms. The minimum atomic E-state index is 0.516. The van der Waals surface area contributed by atoms with Crippen LogP contribution in [0.1, 0.15) is 38.3 Å². The van der Waals surface area contributed by atoms with Crippen LogP contribution in [0.2, 0.25) is 0 Å². The summed E-state index contributed by atoms with van der Waals surface area (Å²) >= 11 is 0. The van der Waals surface area contributed by atoms with Crippen LogP contribution in [0, 0.1) is 5.41 Å². The van der Waals surface area contributed by atoms with E-state index in [1.165, 1.54) is 25.7 Å². The molecule has 0 N–H and O–H groups in total. The van der Waals surface area contributed by atoms with Crippen molar-refractivity contribution in [2.75, 3.05) is 62.4 Å². The molecule has 3 saturated heterocycles. The third kappa shape index (κ3) is 3.75. The Labute approximate surface area is 150 Å². The molecular weight excluding hydrogens is 316 g/mol. The molecular formula is C19H30N4O2. The molecule has 0 saturated carbocycles. The molecule has 3 fully saturated rings. The van der Waals surface area contributed by atoms with Crippen LogP contribution in [0.5, 0.6) is 0 Å². The second-order valence-corrected chi connectivity index (χ2v) is 7.57. The summed E-state index contributed by atoms with van der Waals surface area (Å²) in [7, 11) is 0. The number of aryl methyl sites for hydroxylation is 1. The molecule has 0 atom stereocenters. The Bertz CT molecular complexity index is 573. The van der Waals surface area contributed by atoms with Gasteiger partial charge in [-0.2, -0.15) is 4.98 Å². The smallest absolute Gasteiger partial charge is 0.227 e. The van der Waals surface area contributed by atoms with Crippen molar-refractivity contribution in [3.63, 3.8) is 0 Å². The highest BCUT2D eigenvalue weighted by molar-refractivity contribution is 5.47. The number of ether oxygens (including phenoxy) is 2. The van der Waals surface area contributed by atoms with E-state index in [9.17, 15) is 0 Å². The maximum absolute atomic E-state index is 5.57. The largest absolute Gasteiger partial charge is 0.381 e. The maximum Gasteiger partial charge on any atom is 0.227 e. The van der Waals surface area contributed by atoms with Gasteiger partial charge in [0.25, 0.3) is 0 Å². The van der Waals surface area contributed by atoms with Crippen LogP contribution in [0.3, 0.4) is 0 Å². The monoisotopic (exact) mass is 346 g/mol. The van der Waals surface area contributed by atoms with E-state index < -0.39 is 0 Å². The lowest BCUT2D eigenvalue weighted by Gasteiger charge is -2.44. The predicted molar refractivity (Wildman–Crippen MR) is 98.4 cm³/mol. The Kier molecular flexibility index (Phi) is 5.08. The van der Waals surface area contributed by atoms with Crippen LogP contribution >= 0.6 is 0 Å². The summed E-state index contributed by atoms with van der Waals surface area (Å²) < 4.78 is 11.0. The van der Waals surface area contributed by atoms with Crippen LogP contribution in [0.4, 0.5) is 11.8 Å². The number of hydrogen-bond acceptors (Lipinski definition) is 6. The highest BCUT2D eigenvalue weighted by Gasteiger charge is 2.36. The number of nitrogens with zero attached hydrogens (tertiary/aromatic N) is 4. The van der Waals surface area contributed by atoms with Gasteiger partial charge in [0, 0.05) is 51.2 Å². The average molecular weight is 346 g/mol. The van der Waals surface area contributed by atoms with Gasteiger partial charge in [-0.3, -0.25) is 0 Å². The van der Waals surface area contributed by atoms with E-state index >= 15 is 0 Å². The van der Waals surface area contributed by atoms with Crippen molar-refractivity contribution in [1.82, 2.24) is 9.97 Å². The zero-order chi connectivity index (χ0) is 17.1. The molecule has 1 aromatic heterocycles. The molecule has 3 aliphatic rings. The summed E-state index contributed by atoms with van der Waals surface area (Å²) in [6.07, 6.45) is 5.92. The van der Waals surface area contributed by atoms with Crippen molar-refractivity contribution >= 4 is 11.8 Å². The van der Waals surface area contributed by atoms with Crippen molar-refractivity contribution < 1.29 is 9.47 Å². The van der Waals surface area contributed by atoms with Crippen molar-refractivity contribution in [3.05, 3.63) is 11.8 Å². The van der Waals surface area contributed by atoms with Crippen LogP contribution in [-0.4, -0.2) is 62.6 Å². The highest BCUT2D eigenvalue weighted by atomic mass is 16.5. The summed E-state index contributed by atoms with van der Waals surface area (Å²) in [6.45, 7) is 9.55. The minimum absolute atomic E-state index is 0.516. The van der Waals surface area contributed by atoms with E-state index in [1.807, 2.05) is 0 Å². The zero-order valence-corrected chi connectivity index (χ0v) is 15.4. The number of piperidine rings is 1. The van der Waals surface area contributed by atoms with E-state index in [1.54, 1.807) is 0 Å². The predicted octanol–water partition coefficient (Wildman–Crippen LogP) is 2.27. The first-order valence-corrected chi connectivity index (χ1v) is 9.81. The van der Waals surface area contributed by atoms with E-state index in [0.29, 0.717) is 5.41 Å².